The van der Waals surface area contributed by atoms with Gasteiger partial charge in [0, 0.05) is 0 Å². The average Bonchev–Trinajstić information content (AvgIpc) is 3.30. The monoisotopic (exact) mass is 559 g/mol. The molecule has 1 aromatic heterocycles. The summed E-state index contributed by atoms with van der Waals surface area (Å²) < 4.78 is 121. The molecule has 4 rings (SSSR count). The van der Waals surface area contributed by atoms with Crippen LogP contribution in [0.4, 0.5) is 30.7 Å². The number of nitrogens with zero attached hydrogens (tertiary/aromatic N) is 2. The van der Waals surface area contributed by atoms with Crippen molar-refractivity contribution in [2.75, 3.05) is 0 Å². The smallest absolute Gasteiger partial charge is 0.268 e. The quantitative estimate of drug-likeness (QED) is 0.395. The molecule has 0 radical (unpaired) electrons. The number of carbonyl (C=O) groups is 1. The highest BCUT2D eigenvalue weighted by atomic mass is 32.2. The first kappa shape index (κ1) is 27.1. The summed E-state index contributed by atoms with van der Waals surface area (Å²) >= 11 is 0. The lowest BCUT2D eigenvalue weighted by atomic mass is 10.0. The van der Waals surface area contributed by atoms with E-state index in [4.69, 9.17) is 0 Å². The molecule has 14 heteroatoms. The van der Waals surface area contributed by atoms with Crippen LogP contribution in [0.1, 0.15) is 40.2 Å². The molecule has 6 nitrogen and oxygen atoms in total. The van der Waals surface area contributed by atoms with E-state index in [1.807, 2.05) is 0 Å². The van der Waals surface area contributed by atoms with Gasteiger partial charge in [-0.3, -0.25) is 4.79 Å². The van der Waals surface area contributed by atoms with Crippen molar-refractivity contribution in [1.82, 2.24) is 14.5 Å². The number of hydrogen-bond donors (Lipinski definition) is 1. The summed E-state index contributed by atoms with van der Waals surface area (Å²) in [7, 11) is -4.72. The van der Waals surface area contributed by atoms with Crippen LogP contribution in [-0.4, -0.2) is 24.1 Å². The Balaban J connectivity index is 1.65. The lowest BCUT2D eigenvalue weighted by Gasteiger charge is -2.14. The molecule has 200 valence electrons. The van der Waals surface area contributed by atoms with Crippen LogP contribution in [0.25, 0.3) is 11.3 Å². The summed E-state index contributed by atoms with van der Waals surface area (Å²) in [6.45, 7) is 0. The Labute approximate surface area is 211 Å². The number of halogens is 7. The molecule has 0 aliphatic heterocycles. The lowest BCUT2D eigenvalue weighted by Crippen LogP contribution is -2.32. The van der Waals surface area contributed by atoms with Gasteiger partial charge in [-0.05, 0) is 66.9 Å². The molecule has 1 aliphatic rings. The summed E-state index contributed by atoms with van der Waals surface area (Å²) in [5.41, 5.74) is -3.32. The summed E-state index contributed by atoms with van der Waals surface area (Å²) in [6.07, 6.45) is -3.43. The van der Waals surface area contributed by atoms with Gasteiger partial charge in [-0.1, -0.05) is 18.2 Å². The average molecular weight is 559 g/mol. The summed E-state index contributed by atoms with van der Waals surface area (Å²) in [4.78, 5) is 11.8. The van der Waals surface area contributed by atoms with Crippen LogP contribution in [0.3, 0.4) is 0 Å². The van der Waals surface area contributed by atoms with Crippen molar-refractivity contribution in [3.63, 3.8) is 0 Å². The van der Waals surface area contributed by atoms with Crippen molar-refractivity contribution in [3.8, 4) is 5.69 Å². The van der Waals surface area contributed by atoms with Gasteiger partial charge in [0.05, 0.1) is 27.4 Å². The maximum Gasteiger partial charge on any atom is 0.435 e. The number of amides is 1. The molecule has 1 heterocycles. The molecule has 1 N–H and O–H groups in total. The number of nitrogens with one attached hydrogen (secondary N) is 1. The first-order chi connectivity index (χ1) is 17.7. The Kier molecular flexibility index (Phi) is 6.95. The third-order valence-corrected chi connectivity index (χ3v) is 6.79. The molecule has 0 unspecified atom stereocenters. The van der Waals surface area contributed by atoms with Crippen molar-refractivity contribution >= 4 is 21.5 Å². The number of hydrogen-bond acceptors (Lipinski definition) is 4. The second kappa shape index (κ2) is 9.74. The zero-order valence-corrected chi connectivity index (χ0v) is 19.8. The van der Waals surface area contributed by atoms with Gasteiger partial charge in [0.1, 0.15) is 5.82 Å². The maximum atomic E-state index is 13.3. The molecule has 1 amide bonds. The van der Waals surface area contributed by atoms with E-state index in [1.165, 1.54) is 4.72 Å². The van der Waals surface area contributed by atoms with E-state index < -0.39 is 55.8 Å². The molecule has 0 fully saturated rings. The zero-order chi connectivity index (χ0) is 27.9. The number of aromatic nitrogens is 2. The second-order valence-corrected chi connectivity index (χ2v) is 9.76. The number of carbonyl (C=O) groups excluding carboxylic acids is 1. The highest BCUT2D eigenvalue weighted by molar-refractivity contribution is 7.90. The number of rotatable bonds is 5. The fraction of sp³-hybridized carbons (Fsp3) is 0.167. The Morgan fingerprint density at radius 3 is 2.18 bits per heavy atom. The van der Waals surface area contributed by atoms with Crippen molar-refractivity contribution in [2.45, 2.75) is 30.1 Å². The molecule has 38 heavy (non-hydrogen) atoms. The third-order valence-electron chi connectivity index (χ3n) is 5.44. The van der Waals surface area contributed by atoms with Crippen molar-refractivity contribution in [1.29, 1.82) is 0 Å². The van der Waals surface area contributed by atoms with Gasteiger partial charge in [-0.2, -0.15) is 31.4 Å². The van der Waals surface area contributed by atoms with Crippen LogP contribution in [0.15, 0.2) is 71.7 Å². The predicted octanol–water partition coefficient (Wildman–Crippen LogP) is 5.90. The molecular weight excluding hydrogens is 543 g/mol. The van der Waals surface area contributed by atoms with E-state index >= 15 is 0 Å². The number of allylic oxidation sites excluding steroid dienone is 4. The van der Waals surface area contributed by atoms with Gasteiger partial charge in [0.25, 0.3) is 15.9 Å². The normalized spacial score (nSPS) is 14.3. The number of sulfonamides is 1. The van der Waals surface area contributed by atoms with Crippen molar-refractivity contribution in [2.24, 2.45) is 0 Å². The predicted molar refractivity (Wildman–Crippen MR) is 121 cm³/mol. The minimum atomic E-state index is -5.14. The van der Waals surface area contributed by atoms with Crippen LogP contribution in [0.5, 0.6) is 0 Å². The van der Waals surface area contributed by atoms with Crippen molar-refractivity contribution in [3.05, 3.63) is 95.1 Å². The van der Waals surface area contributed by atoms with E-state index in [0.717, 1.165) is 35.0 Å². The van der Waals surface area contributed by atoms with Gasteiger partial charge in [-0.25, -0.2) is 22.2 Å². The van der Waals surface area contributed by atoms with Gasteiger partial charge in [0.15, 0.2) is 5.69 Å². The first-order valence-electron chi connectivity index (χ1n) is 10.8. The SMILES string of the molecule is O=C(NS(=O)(=O)c1ccc(-n2nc(C(F)(F)F)cc2C2=CCCC=C2)cc1)c1ccc(F)cc1C(F)(F)F. The van der Waals surface area contributed by atoms with Gasteiger partial charge >= 0.3 is 12.4 Å². The van der Waals surface area contributed by atoms with Crippen LogP contribution in [-0.2, 0) is 22.4 Å². The lowest BCUT2D eigenvalue weighted by molar-refractivity contribution is -0.141. The van der Waals surface area contributed by atoms with Gasteiger partial charge in [0.2, 0.25) is 0 Å². The molecule has 2 aromatic carbocycles. The van der Waals surface area contributed by atoms with Crippen LogP contribution < -0.4 is 4.72 Å². The number of alkyl halides is 6. The Bertz CT molecular complexity index is 1550. The fourth-order valence-electron chi connectivity index (χ4n) is 3.68. The zero-order valence-electron chi connectivity index (χ0n) is 18.9. The maximum absolute atomic E-state index is 13.3. The first-order valence-corrected chi connectivity index (χ1v) is 12.2. The topological polar surface area (TPSA) is 81.1 Å². The third kappa shape index (κ3) is 5.64. The minimum Gasteiger partial charge on any atom is -0.268 e. The standard InChI is InChI=1S/C24H16F7N3O3S/c25-15-6-11-18(19(12-15)23(26,27)28)22(35)33-38(36,37)17-9-7-16(8-10-17)34-20(14-4-2-1-3-5-14)13-21(32-34)24(29,30)31/h2,4-13H,1,3H2,(H,33,35). The van der Waals surface area contributed by atoms with E-state index in [1.54, 1.807) is 18.2 Å². The van der Waals surface area contributed by atoms with Crippen LogP contribution in [0.2, 0.25) is 0 Å². The molecular formula is C24H16F7N3O3S. The van der Waals surface area contributed by atoms with Crippen molar-refractivity contribution < 1.29 is 43.9 Å². The Morgan fingerprint density at radius 1 is 0.921 bits per heavy atom. The highest BCUT2D eigenvalue weighted by Gasteiger charge is 2.37. The molecule has 0 atom stereocenters. The molecule has 1 aliphatic carbocycles. The minimum absolute atomic E-state index is 0.0542. The van der Waals surface area contributed by atoms with Gasteiger partial charge < -0.3 is 0 Å². The molecule has 0 bridgehead atoms. The Hall–Kier alpha value is -3.94. The summed E-state index contributed by atoms with van der Waals surface area (Å²) in [5, 5.41) is 3.61. The number of benzene rings is 2. The van der Waals surface area contributed by atoms with E-state index in [-0.39, 0.29) is 17.4 Å². The Morgan fingerprint density at radius 2 is 1.61 bits per heavy atom. The molecule has 0 spiro atoms. The van der Waals surface area contributed by atoms with Crippen LogP contribution in [0, 0.1) is 5.82 Å². The molecule has 3 aromatic rings. The van der Waals surface area contributed by atoms with Gasteiger partial charge in [-0.15, -0.1) is 0 Å². The summed E-state index contributed by atoms with van der Waals surface area (Å²) in [5.74, 6) is -2.93. The van der Waals surface area contributed by atoms with Crippen LogP contribution >= 0.6 is 0 Å². The van der Waals surface area contributed by atoms with E-state index in [0.29, 0.717) is 30.5 Å². The fourth-order valence-corrected chi connectivity index (χ4v) is 4.64. The second-order valence-electron chi connectivity index (χ2n) is 8.08. The highest BCUT2D eigenvalue weighted by Crippen LogP contribution is 2.34. The van der Waals surface area contributed by atoms with E-state index in [2.05, 4.69) is 5.10 Å². The largest absolute Gasteiger partial charge is 0.435 e. The van der Waals surface area contributed by atoms with E-state index in [9.17, 15) is 43.9 Å². The molecule has 0 saturated heterocycles. The summed E-state index contributed by atoms with van der Waals surface area (Å²) in [6, 6.07) is 6.13. The molecule has 0 saturated carbocycles.